The molecule has 0 bridgehead atoms. The van der Waals surface area contributed by atoms with Crippen molar-refractivity contribution in [3.63, 3.8) is 0 Å². The number of nitrogens with zero attached hydrogens (tertiary/aromatic N) is 3. The van der Waals surface area contributed by atoms with E-state index in [0.717, 1.165) is 10.5 Å². The molecule has 2 aromatic rings. The zero-order chi connectivity index (χ0) is 10.8. The molecule has 0 saturated carbocycles. The van der Waals surface area contributed by atoms with Crippen LogP contribution in [0.15, 0.2) is 18.2 Å². The Labute approximate surface area is 90.6 Å². The molecule has 1 aromatic heterocycles. The number of halogens is 1. The Bertz CT molecular complexity index is 547. The summed E-state index contributed by atoms with van der Waals surface area (Å²) >= 11 is 1.41. The molecule has 0 atom stereocenters. The van der Waals surface area contributed by atoms with Crippen LogP contribution in [0.25, 0.3) is 10.6 Å². The standard InChI is InChI=1S/C9H5BFN3S/c10-9-14-13-8(15-9)5-1-2-7(11)6(3-5)4-12/h1-3H,10H2. The molecule has 0 unspecified atom stereocenters. The topological polar surface area (TPSA) is 49.6 Å². The van der Waals surface area contributed by atoms with Gasteiger partial charge in [-0.2, -0.15) is 10.4 Å². The lowest BCUT2D eigenvalue weighted by Gasteiger charge is -1.96. The summed E-state index contributed by atoms with van der Waals surface area (Å²) in [5.41, 5.74) is 0.749. The average molecular weight is 217 g/mol. The van der Waals surface area contributed by atoms with Gasteiger partial charge in [-0.15, -0.1) is 16.4 Å². The van der Waals surface area contributed by atoms with E-state index >= 15 is 0 Å². The van der Waals surface area contributed by atoms with Crippen LogP contribution >= 0.6 is 11.3 Å². The normalized spacial score (nSPS) is 9.87. The second-order valence-corrected chi connectivity index (χ2v) is 4.11. The smallest absolute Gasteiger partial charge is 0.180 e. The van der Waals surface area contributed by atoms with Gasteiger partial charge in [-0.25, -0.2) is 4.39 Å². The highest BCUT2D eigenvalue weighted by molar-refractivity contribution is 7.22. The molecule has 0 amide bonds. The Morgan fingerprint density at radius 1 is 1.40 bits per heavy atom. The van der Waals surface area contributed by atoms with E-state index < -0.39 is 5.82 Å². The Balaban J connectivity index is 2.51. The highest BCUT2D eigenvalue weighted by Gasteiger charge is 2.07. The molecule has 0 radical (unpaired) electrons. The molecule has 15 heavy (non-hydrogen) atoms. The van der Waals surface area contributed by atoms with Gasteiger partial charge < -0.3 is 0 Å². The molecular formula is C9H5BFN3S. The first-order valence-electron chi connectivity index (χ1n) is 4.21. The van der Waals surface area contributed by atoms with Crippen molar-refractivity contribution in [3.8, 4) is 16.6 Å². The van der Waals surface area contributed by atoms with Gasteiger partial charge in [0.25, 0.3) is 0 Å². The molecule has 0 aliphatic heterocycles. The largest absolute Gasteiger partial charge is 0.206 e. The van der Waals surface area contributed by atoms with Crippen molar-refractivity contribution in [2.45, 2.75) is 0 Å². The summed E-state index contributed by atoms with van der Waals surface area (Å²) in [7, 11) is 1.84. The molecule has 0 aliphatic rings. The molecule has 0 spiro atoms. The zero-order valence-electron chi connectivity index (χ0n) is 7.86. The minimum absolute atomic E-state index is 0.0281. The first-order chi connectivity index (χ1) is 7.20. The molecule has 2 rings (SSSR count). The maximum Gasteiger partial charge on any atom is 0.180 e. The fraction of sp³-hybridized carbons (Fsp3) is 0. The van der Waals surface area contributed by atoms with E-state index in [1.807, 2.05) is 7.85 Å². The van der Waals surface area contributed by atoms with Crippen molar-refractivity contribution in [1.82, 2.24) is 10.2 Å². The molecule has 0 aliphatic carbocycles. The second kappa shape index (κ2) is 3.79. The third kappa shape index (κ3) is 1.87. The molecule has 0 saturated heterocycles. The second-order valence-electron chi connectivity index (χ2n) is 2.93. The van der Waals surface area contributed by atoms with Crippen LogP contribution in [0.1, 0.15) is 5.56 Å². The minimum atomic E-state index is -0.512. The van der Waals surface area contributed by atoms with Crippen LogP contribution in [-0.4, -0.2) is 18.0 Å². The molecule has 3 nitrogen and oxygen atoms in total. The molecule has 0 fully saturated rings. The predicted molar refractivity (Wildman–Crippen MR) is 58.2 cm³/mol. The van der Waals surface area contributed by atoms with Crippen LogP contribution < -0.4 is 4.91 Å². The van der Waals surface area contributed by atoms with Gasteiger partial charge in [0.15, 0.2) is 7.85 Å². The van der Waals surface area contributed by atoms with Gasteiger partial charge in [0.2, 0.25) is 0 Å². The quantitative estimate of drug-likeness (QED) is 0.652. The van der Waals surface area contributed by atoms with Gasteiger partial charge in [-0.1, -0.05) is 0 Å². The van der Waals surface area contributed by atoms with Crippen molar-refractivity contribution >= 4 is 24.1 Å². The highest BCUT2D eigenvalue weighted by Crippen LogP contribution is 2.21. The molecule has 0 N–H and O–H groups in total. The first kappa shape index (κ1) is 9.81. The van der Waals surface area contributed by atoms with Gasteiger partial charge in [0.05, 0.1) is 10.5 Å². The van der Waals surface area contributed by atoms with Crippen molar-refractivity contribution in [3.05, 3.63) is 29.6 Å². The summed E-state index contributed by atoms with van der Waals surface area (Å²) in [6.45, 7) is 0. The number of rotatable bonds is 1. The van der Waals surface area contributed by atoms with Crippen molar-refractivity contribution in [2.75, 3.05) is 0 Å². The lowest BCUT2D eigenvalue weighted by Crippen LogP contribution is -1.97. The molecule has 1 aromatic carbocycles. The number of benzene rings is 1. The monoisotopic (exact) mass is 217 g/mol. The first-order valence-corrected chi connectivity index (χ1v) is 5.02. The van der Waals surface area contributed by atoms with Crippen molar-refractivity contribution in [2.24, 2.45) is 0 Å². The fourth-order valence-electron chi connectivity index (χ4n) is 1.16. The average Bonchev–Trinajstić information content (AvgIpc) is 2.66. The number of hydrogen-bond donors (Lipinski definition) is 0. The maximum atomic E-state index is 13.0. The van der Waals surface area contributed by atoms with Crippen LogP contribution in [0.5, 0.6) is 0 Å². The summed E-state index contributed by atoms with van der Waals surface area (Å²) in [6, 6.07) is 6.14. The Morgan fingerprint density at radius 3 is 2.80 bits per heavy atom. The van der Waals surface area contributed by atoms with E-state index in [0.29, 0.717) is 5.01 Å². The third-order valence-corrected chi connectivity index (χ3v) is 2.75. The van der Waals surface area contributed by atoms with Crippen LogP contribution in [0, 0.1) is 17.1 Å². The number of aromatic nitrogens is 2. The molecule has 6 heteroatoms. The van der Waals surface area contributed by atoms with E-state index in [2.05, 4.69) is 10.2 Å². The Morgan fingerprint density at radius 2 is 2.20 bits per heavy atom. The SMILES string of the molecule is Bc1nnc(-c2ccc(F)c(C#N)c2)s1. The maximum absolute atomic E-state index is 13.0. The molecular weight excluding hydrogens is 212 g/mol. The minimum Gasteiger partial charge on any atom is -0.206 e. The summed E-state index contributed by atoms with van der Waals surface area (Å²) < 4.78 is 13.0. The van der Waals surface area contributed by atoms with E-state index in [1.165, 1.54) is 23.5 Å². The van der Waals surface area contributed by atoms with Gasteiger partial charge in [0, 0.05) is 5.56 Å². The summed E-state index contributed by atoms with van der Waals surface area (Å²) in [6.07, 6.45) is 0. The van der Waals surface area contributed by atoms with Crippen LogP contribution in [0.3, 0.4) is 0 Å². The van der Waals surface area contributed by atoms with E-state index in [-0.39, 0.29) is 5.56 Å². The third-order valence-electron chi connectivity index (χ3n) is 1.86. The zero-order valence-corrected chi connectivity index (χ0v) is 8.68. The predicted octanol–water partition coefficient (Wildman–Crippen LogP) is 0.474. The van der Waals surface area contributed by atoms with Gasteiger partial charge in [-0.3, -0.25) is 0 Å². The van der Waals surface area contributed by atoms with Crippen molar-refractivity contribution < 1.29 is 4.39 Å². The van der Waals surface area contributed by atoms with Crippen LogP contribution in [0.2, 0.25) is 0 Å². The Hall–Kier alpha value is -1.74. The highest BCUT2D eigenvalue weighted by atomic mass is 32.1. The van der Waals surface area contributed by atoms with E-state index in [4.69, 9.17) is 5.26 Å². The molecule has 72 valence electrons. The van der Waals surface area contributed by atoms with Gasteiger partial charge in [-0.05, 0) is 18.2 Å². The number of nitriles is 1. The lowest BCUT2D eigenvalue weighted by atomic mass is 10.1. The summed E-state index contributed by atoms with van der Waals surface area (Å²) in [5, 5.41) is 17.2. The van der Waals surface area contributed by atoms with Gasteiger partial charge >= 0.3 is 0 Å². The van der Waals surface area contributed by atoms with Crippen molar-refractivity contribution in [1.29, 1.82) is 5.26 Å². The van der Waals surface area contributed by atoms with E-state index in [9.17, 15) is 4.39 Å². The summed E-state index contributed by atoms with van der Waals surface area (Å²) in [5.74, 6) is -0.512. The Kier molecular flexibility index (Phi) is 2.48. The van der Waals surface area contributed by atoms with Gasteiger partial charge in [0.1, 0.15) is 16.9 Å². The van der Waals surface area contributed by atoms with Crippen LogP contribution in [-0.2, 0) is 0 Å². The number of hydrogen-bond acceptors (Lipinski definition) is 4. The van der Waals surface area contributed by atoms with Crippen LogP contribution in [0.4, 0.5) is 4.39 Å². The summed E-state index contributed by atoms with van der Waals surface area (Å²) in [4.78, 5) is 0.841. The van der Waals surface area contributed by atoms with E-state index in [1.54, 1.807) is 12.1 Å². The lowest BCUT2D eigenvalue weighted by molar-refractivity contribution is 0.624. The molecule has 1 heterocycles. The fourth-order valence-corrected chi connectivity index (χ4v) is 1.85.